The summed E-state index contributed by atoms with van der Waals surface area (Å²) in [5.41, 5.74) is 3.79. The topological polar surface area (TPSA) is 73.2 Å². The van der Waals surface area contributed by atoms with Crippen molar-refractivity contribution in [3.05, 3.63) is 83.4 Å². The number of esters is 1. The van der Waals surface area contributed by atoms with Gasteiger partial charge in [-0.3, -0.25) is 4.79 Å². The van der Waals surface area contributed by atoms with Crippen LogP contribution in [0.1, 0.15) is 23.9 Å². The molecule has 0 radical (unpaired) electrons. The Kier molecular flexibility index (Phi) is 6.41. The molecule has 0 aliphatic carbocycles. The Labute approximate surface area is 174 Å². The number of hydrogen-bond acceptors (Lipinski definition) is 4. The fourth-order valence-electron chi connectivity index (χ4n) is 2.91. The van der Waals surface area contributed by atoms with Crippen LogP contribution in [0.15, 0.2) is 60.7 Å². The van der Waals surface area contributed by atoms with Gasteiger partial charge in [0.05, 0.1) is 11.4 Å². The van der Waals surface area contributed by atoms with Crippen LogP contribution in [0.25, 0.3) is 11.8 Å². The largest absolute Gasteiger partial charge is 0.449 e. The van der Waals surface area contributed by atoms with Gasteiger partial charge in [-0.2, -0.15) is 5.10 Å². The molecular formula is C23H22FN3O3. The average molecular weight is 407 g/mol. The lowest BCUT2D eigenvalue weighted by molar-refractivity contribution is -0.148. The minimum absolute atomic E-state index is 0.404. The van der Waals surface area contributed by atoms with Crippen molar-refractivity contribution in [3.8, 4) is 5.69 Å². The summed E-state index contributed by atoms with van der Waals surface area (Å²) >= 11 is 0. The highest BCUT2D eigenvalue weighted by molar-refractivity contribution is 5.96. The number of amides is 1. The molecule has 1 N–H and O–H groups in total. The van der Waals surface area contributed by atoms with E-state index in [-0.39, 0.29) is 0 Å². The van der Waals surface area contributed by atoms with Gasteiger partial charge in [-0.05, 0) is 63.2 Å². The monoisotopic (exact) mass is 407 g/mol. The SMILES string of the molecule is Cc1nn(-c2ccccc2)c(C)c1/C=C/C(=O)O[C@@H](C)C(=O)Nc1ccc(F)cc1. The number of para-hydroxylation sites is 1. The molecule has 0 fully saturated rings. The summed E-state index contributed by atoms with van der Waals surface area (Å²) in [5, 5.41) is 7.09. The standard InChI is InChI=1S/C23H22FN3O3/c1-15-21(16(2)27(26-15)20-7-5-4-6-8-20)13-14-22(28)30-17(3)23(29)25-19-11-9-18(24)10-12-19/h4-14,17H,1-3H3,(H,25,29)/b14-13+/t17-/m0/s1. The van der Waals surface area contributed by atoms with Crippen LogP contribution in [0.4, 0.5) is 10.1 Å². The number of ether oxygens (including phenoxy) is 1. The highest BCUT2D eigenvalue weighted by Gasteiger charge is 2.17. The van der Waals surface area contributed by atoms with Gasteiger partial charge in [0.2, 0.25) is 0 Å². The quantitative estimate of drug-likeness (QED) is 0.491. The molecule has 0 saturated heterocycles. The molecular weight excluding hydrogens is 385 g/mol. The van der Waals surface area contributed by atoms with E-state index in [4.69, 9.17) is 4.74 Å². The number of benzene rings is 2. The van der Waals surface area contributed by atoms with E-state index in [1.807, 2.05) is 44.2 Å². The van der Waals surface area contributed by atoms with E-state index in [0.29, 0.717) is 5.69 Å². The van der Waals surface area contributed by atoms with Crippen molar-refractivity contribution < 1.29 is 18.7 Å². The van der Waals surface area contributed by atoms with E-state index in [1.54, 1.807) is 10.8 Å². The number of aryl methyl sites for hydroxylation is 1. The molecule has 0 aliphatic rings. The predicted molar refractivity (Wildman–Crippen MR) is 113 cm³/mol. The molecule has 3 aromatic rings. The van der Waals surface area contributed by atoms with Crippen LogP contribution in [0.3, 0.4) is 0 Å². The summed E-state index contributed by atoms with van der Waals surface area (Å²) in [6.45, 7) is 5.24. The maximum absolute atomic E-state index is 12.9. The van der Waals surface area contributed by atoms with Gasteiger partial charge >= 0.3 is 5.97 Å². The van der Waals surface area contributed by atoms with Gasteiger partial charge in [0, 0.05) is 23.0 Å². The van der Waals surface area contributed by atoms with Crippen molar-refractivity contribution in [2.75, 3.05) is 5.32 Å². The minimum Gasteiger partial charge on any atom is -0.449 e. The van der Waals surface area contributed by atoms with E-state index in [9.17, 15) is 14.0 Å². The molecule has 2 aromatic carbocycles. The van der Waals surface area contributed by atoms with Crippen molar-refractivity contribution in [1.82, 2.24) is 9.78 Å². The van der Waals surface area contributed by atoms with Gasteiger partial charge in [0.15, 0.2) is 6.10 Å². The first-order valence-corrected chi connectivity index (χ1v) is 9.42. The number of aromatic nitrogens is 2. The Balaban J connectivity index is 1.64. The molecule has 1 aromatic heterocycles. The van der Waals surface area contributed by atoms with Crippen LogP contribution in [-0.4, -0.2) is 27.8 Å². The molecule has 7 heteroatoms. The van der Waals surface area contributed by atoms with E-state index in [0.717, 1.165) is 22.6 Å². The molecule has 30 heavy (non-hydrogen) atoms. The molecule has 154 valence electrons. The van der Waals surface area contributed by atoms with Crippen molar-refractivity contribution >= 4 is 23.6 Å². The Morgan fingerprint density at radius 2 is 1.77 bits per heavy atom. The Bertz CT molecular complexity index is 1070. The van der Waals surface area contributed by atoms with Gasteiger partial charge in [-0.25, -0.2) is 13.9 Å². The summed E-state index contributed by atoms with van der Waals surface area (Å²) < 4.78 is 19.9. The van der Waals surface area contributed by atoms with Gasteiger partial charge in [0.1, 0.15) is 5.82 Å². The number of hydrogen-bond donors (Lipinski definition) is 1. The lowest BCUT2D eigenvalue weighted by Crippen LogP contribution is -2.29. The number of halogens is 1. The van der Waals surface area contributed by atoms with E-state index in [1.165, 1.54) is 37.3 Å². The summed E-state index contributed by atoms with van der Waals surface area (Å²) in [6.07, 6.45) is 1.89. The van der Waals surface area contributed by atoms with Crippen LogP contribution in [0.2, 0.25) is 0 Å². The molecule has 1 atom stereocenters. The first kappa shape index (κ1) is 21.0. The van der Waals surface area contributed by atoms with Gasteiger partial charge < -0.3 is 10.1 Å². The van der Waals surface area contributed by atoms with Crippen molar-refractivity contribution in [1.29, 1.82) is 0 Å². The number of nitrogens with one attached hydrogen (secondary N) is 1. The van der Waals surface area contributed by atoms with Gasteiger partial charge in [-0.1, -0.05) is 18.2 Å². The highest BCUT2D eigenvalue weighted by atomic mass is 19.1. The molecule has 0 unspecified atom stereocenters. The Morgan fingerprint density at radius 3 is 2.43 bits per heavy atom. The third-order valence-electron chi connectivity index (χ3n) is 4.51. The first-order valence-electron chi connectivity index (χ1n) is 9.42. The van der Waals surface area contributed by atoms with Crippen LogP contribution in [-0.2, 0) is 14.3 Å². The number of carbonyl (C=O) groups is 2. The Morgan fingerprint density at radius 1 is 1.10 bits per heavy atom. The number of anilines is 1. The van der Waals surface area contributed by atoms with Crippen molar-refractivity contribution in [3.63, 3.8) is 0 Å². The third-order valence-corrected chi connectivity index (χ3v) is 4.51. The second-order valence-electron chi connectivity index (χ2n) is 6.74. The second kappa shape index (κ2) is 9.17. The molecule has 0 bridgehead atoms. The second-order valence-corrected chi connectivity index (χ2v) is 6.74. The lowest BCUT2D eigenvalue weighted by Gasteiger charge is -2.12. The maximum Gasteiger partial charge on any atom is 0.331 e. The zero-order chi connectivity index (χ0) is 21.7. The van der Waals surface area contributed by atoms with E-state index in [2.05, 4.69) is 10.4 Å². The summed E-state index contributed by atoms with van der Waals surface area (Å²) in [6, 6.07) is 15.0. The van der Waals surface area contributed by atoms with E-state index < -0.39 is 23.8 Å². The lowest BCUT2D eigenvalue weighted by atomic mass is 10.2. The molecule has 3 rings (SSSR count). The molecule has 0 aliphatic heterocycles. The predicted octanol–water partition coefficient (Wildman–Crippen LogP) is 4.21. The number of rotatable bonds is 6. The first-order chi connectivity index (χ1) is 14.3. The zero-order valence-electron chi connectivity index (χ0n) is 16.9. The van der Waals surface area contributed by atoms with Crippen LogP contribution >= 0.6 is 0 Å². The number of nitrogens with zero attached hydrogens (tertiary/aromatic N) is 2. The average Bonchev–Trinajstić information content (AvgIpc) is 3.02. The highest BCUT2D eigenvalue weighted by Crippen LogP contribution is 2.19. The number of carbonyl (C=O) groups excluding carboxylic acids is 2. The van der Waals surface area contributed by atoms with Crippen LogP contribution in [0, 0.1) is 19.7 Å². The summed E-state index contributed by atoms with van der Waals surface area (Å²) in [4.78, 5) is 24.3. The molecule has 0 spiro atoms. The van der Waals surface area contributed by atoms with Gasteiger partial charge in [-0.15, -0.1) is 0 Å². The Hall–Kier alpha value is -3.74. The molecule has 1 amide bonds. The summed E-state index contributed by atoms with van der Waals surface area (Å²) in [5.74, 6) is -1.56. The molecule has 6 nitrogen and oxygen atoms in total. The smallest absolute Gasteiger partial charge is 0.331 e. The summed E-state index contributed by atoms with van der Waals surface area (Å²) in [7, 11) is 0. The maximum atomic E-state index is 12.9. The fourth-order valence-corrected chi connectivity index (χ4v) is 2.91. The van der Waals surface area contributed by atoms with Crippen LogP contribution in [0.5, 0.6) is 0 Å². The normalized spacial score (nSPS) is 12.0. The van der Waals surface area contributed by atoms with Crippen molar-refractivity contribution in [2.24, 2.45) is 0 Å². The third kappa shape index (κ3) is 5.00. The zero-order valence-corrected chi connectivity index (χ0v) is 16.9. The fraction of sp³-hybridized carbons (Fsp3) is 0.174. The van der Waals surface area contributed by atoms with E-state index >= 15 is 0 Å². The molecule has 0 saturated carbocycles. The molecule has 1 heterocycles. The van der Waals surface area contributed by atoms with Crippen molar-refractivity contribution in [2.45, 2.75) is 26.9 Å². The van der Waals surface area contributed by atoms with Gasteiger partial charge in [0.25, 0.3) is 5.91 Å². The van der Waals surface area contributed by atoms with Crippen LogP contribution < -0.4 is 5.32 Å². The minimum atomic E-state index is -1.01.